The Labute approximate surface area is 154 Å². The van der Waals surface area contributed by atoms with Gasteiger partial charge in [0, 0.05) is 11.0 Å². The fourth-order valence-electron chi connectivity index (χ4n) is 2.53. The molecule has 0 aliphatic carbocycles. The van der Waals surface area contributed by atoms with Crippen LogP contribution in [0, 0.1) is 22.2 Å². The van der Waals surface area contributed by atoms with Crippen LogP contribution in [-0.4, -0.2) is 33.3 Å². The molecule has 0 aromatic carbocycles. The Morgan fingerprint density at radius 1 is 0.958 bits per heavy atom. The highest BCUT2D eigenvalue weighted by Crippen LogP contribution is 2.43. The SMILES string of the molecule is CC(C)C(C)(C)CC(O)C(C)(C)CC(SCCC(=O)O)C(C)(C)C. The molecule has 0 aromatic heterocycles. The molecule has 0 rings (SSSR count). The van der Waals surface area contributed by atoms with Gasteiger partial charge >= 0.3 is 5.97 Å². The van der Waals surface area contributed by atoms with Crippen LogP contribution in [0.2, 0.25) is 0 Å². The average Bonchev–Trinajstić information content (AvgIpc) is 2.34. The Morgan fingerprint density at radius 2 is 1.46 bits per heavy atom. The van der Waals surface area contributed by atoms with E-state index in [0.717, 1.165) is 12.8 Å². The van der Waals surface area contributed by atoms with Gasteiger partial charge in [-0.15, -0.1) is 0 Å². The van der Waals surface area contributed by atoms with Crippen molar-refractivity contribution in [2.75, 3.05) is 5.75 Å². The zero-order chi connectivity index (χ0) is 19.3. The minimum atomic E-state index is -0.742. The summed E-state index contributed by atoms with van der Waals surface area (Å²) < 4.78 is 0. The number of thioether (sulfide) groups is 1. The molecule has 0 aromatic rings. The maximum absolute atomic E-state index is 10.9. The van der Waals surface area contributed by atoms with Crippen LogP contribution in [0.25, 0.3) is 0 Å². The van der Waals surface area contributed by atoms with Crippen molar-refractivity contribution in [2.45, 2.75) is 92.9 Å². The molecule has 144 valence electrons. The van der Waals surface area contributed by atoms with E-state index >= 15 is 0 Å². The first-order valence-corrected chi connectivity index (χ1v) is 10.2. The third-order valence-corrected chi connectivity index (χ3v) is 7.21. The van der Waals surface area contributed by atoms with Gasteiger partial charge in [0.15, 0.2) is 0 Å². The van der Waals surface area contributed by atoms with Crippen molar-refractivity contribution in [1.82, 2.24) is 0 Å². The monoisotopic (exact) mass is 360 g/mol. The molecule has 0 spiro atoms. The fraction of sp³-hybridized carbons (Fsp3) is 0.950. The molecule has 2 unspecified atom stereocenters. The predicted octanol–water partition coefficient (Wildman–Crippen LogP) is 5.46. The van der Waals surface area contributed by atoms with Gasteiger partial charge in [0.05, 0.1) is 12.5 Å². The Hall–Kier alpha value is -0.220. The van der Waals surface area contributed by atoms with E-state index in [4.69, 9.17) is 5.11 Å². The van der Waals surface area contributed by atoms with E-state index in [1.807, 2.05) is 0 Å². The molecular weight excluding hydrogens is 320 g/mol. The average molecular weight is 361 g/mol. The Kier molecular flexibility index (Phi) is 8.85. The van der Waals surface area contributed by atoms with Gasteiger partial charge in [0.2, 0.25) is 0 Å². The predicted molar refractivity (Wildman–Crippen MR) is 106 cm³/mol. The van der Waals surface area contributed by atoms with Crippen LogP contribution < -0.4 is 0 Å². The zero-order valence-corrected chi connectivity index (χ0v) is 18.1. The van der Waals surface area contributed by atoms with Gasteiger partial charge in [-0.3, -0.25) is 4.79 Å². The third kappa shape index (κ3) is 8.24. The number of carboxylic acids is 1. The molecule has 3 nitrogen and oxygen atoms in total. The second kappa shape index (κ2) is 8.93. The van der Waals surface area contributed by atoms with Crippen LogP contribution in [0.3, 0.4) is 0 Å². The van der Waals surface area contributed by atoms with Crippen molar-refractivity contribution in [3.05, 3.63) is 0 Å². The molecule has 0 aliphatic rings. The van der Waals surface area contributed by atoms with E-state index in [0.29, 0.717) is 16.9 Å². The van der Waals surface area contributed by atoms with Gasteiger partial charge in [-0.2, -0.15) is 11.8 Å². The van der Waals surface area contributed by atoms with Crippen molar-refractivity contribution in [2.24, 2.45) is 22.2 Å². The Balaban J connectivity index is 4.99. The number of carbonyl (C=O) groups is 1. The highest BCUT2D eigenvalue weighted by Gasteiger charge is 2.38. The largest absolute Gasteiger partial charge is 0.481 e. The number of aliphatic hydroxyl groups excluding tert-OH is 1. The van der Waals surface area contributed by atoms with Crippen LogP contribution in [0.1, 0.15) is 81.6 Å². The Bertz CT molecular complexity index is 394. The summed E-state index contributed by atoms with van der Waals surface area (Å²) in [7, 11) is 0. The lowest BCUT2D eigenvalue weighted by Crippen LogP contribution is -2.40. The van der Waals surface area contributed by atoms with Crippen LogP contribution in [0.5, 0.6) is 0 Å². The molecule has 0 saturated carbocycles. The fourth-order valence-corrected chi connectivity index (χ4v) is 4.15. The molecule has 0 fully saturated rings. The molecule has 0 radical (unpaired) electrons. The number of aliphatic carboxylic acids is 1. The van der Waals surface area contributed by atoms with Crippen LogP contribution >= 0.6 is 11.8 Å². The molecule has 0 aliphatic heterocycles. The summed E-state index contributed by atoms with van der Waals surface area (Å²) in [6.45, 7) is 19.7. The molecular formula is C20H40O3S. The van der Waals surface area contributed by atoms with Crippen LogP contribution in [0.15, 0.2) is 0 Å². The van der Waals surface area contributed by atoms with Crippen molar-refractivity contribution >= 4 is 17.7 Å². The van der Waals surface area contributed by atoms with Gasteiger partial charge < -0.3 is 10.2 Å². The lowest BCUT2D eigenvalue weighted by molar-refractivity contribution is -0.136. The van der Waals surface area contributed by atoms with Gasteiger partial charge in [0.25, 0.3) is 0 Å². The normalized spacial score (nSPS) is 16.3. The molecule has 0 amide bonds. The van der Waals surface area contributed by atoms with E-state index < -0.39 is 5.97 Å². The van der Waals surface area contributed by atoms with Gasteiger partial charge in [0.1, 0.15) is 0 Å². The lowest BCUT2D eigenvalue weighted by atomic mass is 9.69. The highest BCUT2D eigenvalue weighted by atomic mass is 32.2. The van der Waals surface area contributed by atoms with E-state index in [1.54, 1.807) is 11.8 Å². The van der Waals surface area contributed by atoms with Crippen LogP contribution in [0.4, 0.5) is 0 Å². The second-order valence-electron chi connectivity index (χ2n) is 9.93. The first kappa shape index (κ1) is 23.8. The van der Waals surface area contributed by atoms with Crippen molar-refractivity contribution in [1.29, 1.82) is 0 Å². The van der Waals surface area contributed by atoms with Crippen molar-refractivity contribution in [3.63, 3.8) is 0 Å². The maximum Gasteiger partial charge on any atom is 0.304 e. The number of hydrogen-bond donors (Lipinski definition) is 2. The first-order chi connectivity index (χ1) is 10.6. The molecule has 2 N–H and O–H groups in total. The maximum atomic E-state index is 10.9. The first-order valence-electron chi connectivity index (χ1n) is 9.11. The topological polar surface area (TPSA) is 57.5 Å². The standard InChI is InChI=1S/C20H40O3S/c1-14(2)19(6,7)12-15(21)20(8,9)13-16(18(3,4)5)24-11-10-17(22)23/h14-16,21H,10-13H2,1-9H3,(H,22,23). The van der Waals surface area contributed by atoms with E-state index in [2.05, 4.69) is 62.3 Å². The van der Waals surface area contributed by atoms with E-state index in [9.17, 15) is 9.90 Å². The molecule has 0 saturated heterocycles. The Morgan fingerprint density at radius 3 is 1.83 bits per heavy atom. The van der Waals surface area contributed by atoms with E-state index in [-0.39, 0.29) is 28.8 Å². The molecule has 0 bridgehead atoms. The van der Waals surface area contributed by atoms with Crippen molar-refractivity contribution < 1.29 is 15.0 Å². The summed E-state index contributed by atoms with van der Waals surface area (Å²) >= 11 is 1.73. The van der Waals surface area contributed by atoms with Crippen molar-refractivity contribution in [3.8, 4) is 0 Å². The minimum absolute atomic E-state index is 0.0771. The summed E-state index contributed by atoms with van der Waals surface area (Å²) in [4.78, 5) is 10.8. The van der Waals surface area contributed by atoms with E-state index in [1.165, 1.54) is 0 Å². The highest BCUT2D eigenvalue weighted by molar-refractivity contribution is 7.99. The van der Waals surface area contributed by atoms with Crippen LogP contribution in [-0.2, 0) is 4.79 Å². The smallest absolute Gasteiger partial charge is 0.304 e. The molecule has 2 atom stereocenters. The third-order valence-electron chi connectivity index (χ3n) is 5.50. The molecule has 24 heavy (non-hydrogen) atoms. The van der Waals surface area contributed by atoms with Gasteiger partial charge in [-0.25, -0.2) is 0 Å². The number of aliphatic hydroxyl groups is 1. The zero-order valence-electron chi connectivity index (χ0n) is 17.3. The number of rotatable bonds is 10. The number of carboxylic acid groups (broad SMARTS) is 1. The number of hydrogen-bond acceptors (Lipinski definition) is 3. The summed E-state index contributed by atoms with van der Waals surface area (Å²) in [5.74, 6) is 0.403. The summed E-state index contributed by atoms with van der Waals surface area (Å²) in [6, 6.07) is 0. The summed E-state index contributed by atoms with van der Waals surface area (Å²) in [5, 5.41) is 20.1. The molecule has 0 heterocycles. The second-order valence-corrected chi connectivity index (χ2v) is 11.2. The summed E-state index contributed by atoms with van der Waals surface area (Å²) in [6.07, 6.45) is 1.50. The minimum Gasteiger partial charge on any atom is -0.481 e. The molecule has 4 heteroatoms. The lowest BCUT2D eigenvalue weighted by Gasteiger charge is -2.42. The van der Waals surface area contributed by atoms with Gasteiger partial charge in [-0.1, -0.05) is 62.3 Å². The quantitative estimate of drug-likeness (QED) is 0.543. The summed E-state index contributed by atoms with van der Waals surface area (Å²) in [5.41, 5.74) is -0.0155. The van der Waals surface area contributed by atoms with Gasteiger partial charge in [-0.05, 0) is 35.0 Å².